The van der Waals surface area contributed by atoms with Crippen LogP contribution in [0, 0.1) is 28.4 Å². The maximum Gasteiger partial charge on any atom is 0.287 e. The molecule has 0 N–H and O–H groups in total. The fraction of sp³-hybridized carbons (Fsp3) is 0.727. The van der Waals surface area contributed by atoms with Gasteiger partial charge in [0.25, 0.3) is 12.5 Å². The van der Waals surface area contributed by atoms with E-state index < -0.39 is 11.7 Å². The SMILES string of the molecule is CC1(C)CC(=O)C(OC#N)C(C)(OC#N)C1. The molecule has 1 fully saturated rings. The average Bonchev–Trinajstić information content (AvgIpc) is 2.10. The lowest BCUT2D eigenvalue weighted by Crippen LogP contribution is -2.54. The van der Waals surface area contributed by atoms with Gasteiger partial charge in [0, 0.05) is 6.42 Å². The van der Waals surface area contributed by atoms with Crippen LogP contribution in [0.5, 0.6) is 0 Å². The van der Waals surface area contributed by atoms with Crippen LogP contribution < -0.4 is 0 Å². The van der Waals surface area contributed by atoms with Gasteiger partial charge in [-0.1, -0.05) is 13.8 Å². The zero-order chi connectivity index (χ0) is 12.4. The van der Waals surface area contributed by atoms with Crippen molar-refractivity contribution in [3.63, 3.8) is 0 Å². The Bertz CT molecular complexity index is 378. The van der Waals surface area contributed by atoms with E-state index in [1.807, 2.05) is 13.8 Å². The Kier molecular flexibility index (Phi) is 3.09. The van der Waals surface area contributed by atoms with Crippen LogP contribution in [0.2, 0.25) is 0 Å². The summed E-state index contributed by atoms with van der Waals surface area (Å²) in [7, 11) is 0. The van der Waals surface area contributed by atoms with E-state index in [1.54, 1.807) is 13.2 Å². The van der Waals surface area contributed by atoms with Gasteiger partial charge in [0.1, 0.15) is 0 Å². The first kappa shape index (κ1) is 12.3. The maximum absolute atomic E-state index is 11.8. The minimum absolute atomic E-state index is 0.199. The zero-order valence-corrected chi connectivity index (χ0v) is 9.61. The Morgan fingerprint density at radius 1 is 1.31 bits per heavy atom. The van der Waals surface area contributed by atoms with E-state index in [-0.39, 0.29) is 11.2 Å². The Balaban J connectivity index is 3.03. The van der Waals surface area contributed by atoms with Crippen LogP contribution in [0.3, 0.4) is 0 Å². The molecule has 16 heavy (non-hydrogen) atoms. The van der Waals surface area contributed by atoms with Gasteiger partial charge in [-0.15, -0.1) is 0 Å². The number of ether oxygens (including phenoxy) is 2. The second-order valence-corrected chi connectivity index (χ2v) is 5.08. The summed E-state index contributed by atoms with van der Waals surface area (Å²) in [4.78, 5) is 11.8. The van der Waals surface area contributed by atoms with E-state index in [4.69, 9.17) is 20.0 Å². The topological polar surface area (TPSA) is 83.1 Å². The second kappa shape index (κ2) is 4.02. The van der Waals surface area contributed by atoms with E-state index in [2.05, 4.69) is 0 Å². The molecule has 1 rings (SSSR count). The third kappa shape index (κ3) is 2.25. The highest BCUT2D eigenvalue weighted by Gasteiger charge is 2.52. The summed E-state index contributed by atoms with van der Waals surface area (Å²) in [6.45, 7) is 5.47. The van der Waals surface area contributed by atoms with Gasteiger partial charge in [-0.25, -0.2) is 0 Å². The maximum atomic E-state index is 11.8. The lowest BCUT2D eigenvalue weighted by molar-refractivity contribution is -0.157. The van der Waals surface area contributed by atoms with E-state index in [1.165, 1.54) is 6.26 Å². The van der Waals surface area contributed by atoms with Crippen molar-refractivity contribution in [1.82, 2.24) is 0 Å². The third-order valence-electron chi connectivity index (χ3n) is 2.78. The van der Waals surface area contributed by atoms with Crippen molar-refractivity contribution in [2.45, 2.75) is 45.3 Å². The Morgan fingerprint density at radius 3 is 2.44 bits per heavy atom. The largest absolute Gasteiger partial charge is 0.417 e. The van der Waals surface area contributed by atoms with Gasteiger partial charge in [0.2, 0.25) is 6.10 Å². The Labute approximate surface area is 94.6 Å². The molecule has 0 bridgehead atoms. The monoisotopic (exact) mass is 222 g/mol. The van der Waals surface area contributed by atoms with Crippen molar-refractivity contribution in [3.8, 4) is 12.5 Å². The second-order valence-electron chi connectivity index (χ2n) is 5.08. The Hall–Kier alpha value is -1.75. The van der Waals surface area contributed by atoms with Crippen molar-refractivity contribution < 1.29 is 14.3 Å². The molecule has 0 aromatic heterocycles. The van der Waals surface area contributed by atoms with Crippen molar-refractivity contribution in [2.75, 3.05) is 0 Å². The number of hydrogen-bond acceptors (Lipinski definition) is 5. The molecule has 1 saturated carbocycles. The van der Waals surface area contributed by atoms with Gasteiger partial charge in [-0.3, -0.25) is 4.79 Å². The van der Waals surface area contributed by atoms with Crippen LogP contribution in [-0.2, 0) is 14.3 Å². The van der Waals surface area contributed by atoms with Gasteiger partial charge in [-0.2, -0.15) is 10.5 Å². The molecule has 86 valence electrons. The van der Waals surface area contributed by atoms with Crippen molar-refractivity contribution >= 4 is 5.78 Å². The van der Waals surface area contributed by atoms with Crippen molar-refractivity contribution in [2.24, 2.45) is 5.41 Å². The summed E-state index contributed by atoms with van der Waals surface area (Å²) in [5, 5.41) is 17.1. The summed E-state index contributed by atoms with van der Waals surface area (Å²) in [5.74, 6) is -0.199. The molecule has 0 aromatic rings. The molecule has 2 atom stereocenters. The number of carbonyl (C=O) groups excluding carboxylic acids is 1. The number of carbonyl (C=O) groups is 1. The quantitative estimate of drug-likeness (QED) is 0.661. The molecule has 0 heterocycles. The molecule has 1 aliphatic carbocycles. The van der Waals surface area contributed by atoms with Gasteiger partial charge < -0.3 is 9.47 Å². The van der Waals surface area contributed by atoms with Gasteiger partial charge >= 0.3 is 0 Å². The third-order valence-corrected chi connectivity index (χ3v) is 2.78. The van der Waals surface area contributed by atoms with Crippen LogP contribution in [0.25, 0.3) is 0 Å². The van der Waals surface area contributed by atoms with Crippen LogP contribution in [0.1, 0.15) is 33.6 Å². The van der Waals surface area contributed by atoms with E-state index in [9.17, 15) is 4.79 Å². The fourth-order valence-electron chi connectivity index (χ4n) is 2.45. The van der Waals surface area contributed by atoms with Gasteiger partial charge in [0.15, 0.2) is 11.4 Å². The standard InChI is InChI=1S/C11H14N2O3/c1-10(2)4-8(14)9(15-6-12)11(3,5-10)16-7-13/h9H,4-5H2,1-3H3. The van der Waals surface area contributed by atoms with Crippen LogP contribution in [-0.4, -0.2) is 17.5 Å². The number of rotatable bonds is 2. The van der Waals surface area contributed by atoms with Crippen molar-refractivity contribution in [1.29, 1.82) is 10.5 Å². The van der Waals surface area contributed by atoms with E-state index >= 15 is 0 Å². The minimum Gasteiger partial charge on any atom is -0.417 e. The summed E-state index contributed by atoms with van der Waals surface area (Å²) >= 11 is 0. The molecule has 0 aliphatic heterocycles. The molecule has 1 aliphatic rings. The molecule has 5 nitrogen and oxygen atoms in total. The lowest BCUT2D eigenvalue weighted by atomic mass is 9.68. The zero-order valence-electron chi connectivity index (χ0n) is 9.61. The summed E-state index contributed by atoms with van der Waals surface area (Å²) in [6.07, 6.45) is 2.92. The van der Waals surface area contributed by atoms with Crippen LogP contribution in [0.4, 0.5) is 0 Å². The fourth-order valence-corrected chi connectivity index (χ4v) is 2.45. The highest BCUT2D eigenvalue weighted by atomic mass is 16.5. The number of Topliss-reactive ketones (excluding diaryl/α,β-unsaturated/α-hetero) is 1. The molecule has 0 amide bonds. The highest BCUT2D eigenvalue weighted by Crippen LogP contribution is 2.42. The molecule has 2 unspecified atom stereocenters. The average molecular weight is 222 g/mol. The molecule has 0 aromatic carbocycles. The number of nitrogens with zero attached hydrogens (tertiary/aromatic N) is 2. The highest BCUT2D eigenvalue weighted by molar-refractivity contribution is 5.86. The molecule has 0 saturated heterocycles. The first-order chi connectivity index (χ1) is 7.34. The first-order valence-electron chi connectivity index (χ1n) is 4.99. The molecule has 5 heteroatoms. The van der Waals surface area contributed by atoms with Crippen LogP contribution in [0.15, 0.2) is 0 Å². The van der Waals surface area contributed by atoms with Crippen LogP contribution >= 0.6 is 0 Å². The summed E-state index contributed by atoms with van der Waals surface area (Å²) < 4.78 is 9.69. The number of hydrogen-bond donors (Lipinski definition) is 0. The predicted octanol–water partition coefficient (Wildman–Crippen LogP) is 1.50. The predicted molar refractivity (Wildman–Crippen MR) is 53.6 cm³/mol. The van der Waals surface area contributed by atoms with Gasteiger partial charge in [0.05, 0.1) is 0 Å². The normalized spacial score (nSPS) is 32.3. The number of ketones is 1. The summed E-state index contributed by atoms with van der Waals surface area (Å²) in [6, 6.07) is 0. The molecule has 0 radical (unpaired) electrons. The van der Waals surface area contributed by atoms with E-state index in [0.717, 1.165) is 0 Å². The molecule has 0 spiro atoms. The summed E-state index contributed by atoms with van der Waals surface area (Å²) in [5.41, 5.74) is -1.30. The van der Waals surface area contributed by atoms with Gasteiger partial charge in [-0.05, 0) is 18.8 Å². The molecular formula is C11H14N2O3. The first-order valence-corrected chi connectivity index (χ1v) is 4.99. The number of nitriles is 2. The smallest absolute Gasteiger partial charge is 0.287 e. The van der Waals surface area contributed by atoms with E-state index in [0.29, 0.717) is 12.8 Å². The lowest BCUT2D eigenvalue weighted by Gasteiger charge is -2.43. The Morgan fingerprint density at radius 2 is 1.94 bits per heavy atom. The minimum atomic E-state index is -1.05. The van der Waals surface area contributed by atoms with Crippen molar-refractivity contribution in [3.05, 3.63) is 0 Å². The molecular weight excluding hydrogens is 208 g/mol.